The van der Waals surface area contributed by atoms with E-state index in [0.29, 0.717) is 15.4 Å². The average molecular weight is 317 g/mol. The Kier molecular flexibility index (Phi) is 3.61. The lowest BCUT2D eigenvalue weighted by atomic mass is 10.2. The summed E-state index contributed by atoms with van der Waals surface area (Å²) in [6.45, 7) is 0. The third-order valence-corrected chi connectivity index (χ3v) is 2.72. The lowest BCUT2D eigenvalue weighted by Gasteiger charge is -2.07. The zero-order valence-corrected chi connectivity index (χ0v) is 9.44. The van der Waals surface area contributed by atoms with Crippen molar-refractivity contribution in [2.75, 3.05) is 0 Å². The Hall–Kier alpha value is -0.230. The van der Waals surface area contributed by atoms with Crippen LogP contribution in [-0.2, 0) is 5.33 Å². The van der Waals surface area contributed by atoms with Gasteiger partial charge in [0.1, 0.15) is 11.4 Å². The fourth-order valence-corrected chi connectivity index (χ4v) is 2.19. The Morgan fingerprint density at radius 2 is 2.15 bits per heavy atom. The van der Waals surface area contributed by atoms with Crippen LogP contribution in [-0.4, -0.2) is 10.1 Å². The largest absolute Gasteiger partial charge is 0.505 e. The highest BCUT2D eigenvalue weighted by Crippen LogP contribution is 2.34. The minimum absolute atomic E-state index is 0.293. The van der Waals surface area contributed by atoms with Gasteiger partial charge in [-0.3, -0.25) is 4.98 Å². The first kappa shape index (κ1) is 10.8. The highest BCUT2D eigenvalue weighted by atomic mass is 79.9. The number of halogens is 4. The van der Waals surface area contributed by atoms with Gasteiger partial charge in [0.05, 0.1) is 0 Å². The molecule has 1 aromatic heterocycles. The standard InChI is InChI=1S/C7H5Br2F2NO/c8-1-3-4(9)2-12-5(6(3)13)7(10)11/h2,7,13H,1H2. The highest BCUT2D eigenvalue weighted by molar-refractivity contribution is 9.10. The first-order valence-corrected chi connectivity index (χ1v) is 5.19. The molecule has 0 amide bonds. The molecule has 1 heterocycles. The number of hydrogen-bond donors (Lipinski definition) is 1. The Morgan fingerprint density at radius 3 is 2.62 bits per heavy atom. The van der Waals surface area contributed by atoms with Crippen molar-refractivity contribution in [1.29, 1.82) is 0 Å². The van der Waals surface area contributed by atoms with Gasteiger partial charge in [-0.25, -0.2) is 8.78 Å². The Balaban J connectivity index is 3.27. The second kappa shape index (κ2) is 4.32. The second-order valence-corrected chi connectivity index (χ2v) is 3.67. The first-order chi connectivity index (χ1) is 6.07. The van der Waals surface area contributed by atoms with Crippen molar-refractivity contribution in [1.82, 2.24) is 4.98 Å². The number of alkyl halides is 3. The number of aromatic nitrogens is 1. The second-order valence-electron chi connectivity index (χ2n) is 2.25. The first-order valence-electron chi connectivity index (χ1n) is 3.28. The van der Waals surface area contributed by atoms with Crippen LogP contribution in [0.2, 0.25) is 0 Å². The molecule has 13 heavy (non-hydrogen) atoms. The van der Waals surface area contributed by atoms with E-state index in [9.17, 15) is 13.9 Å². The number of aromatic hydroxyl groups is 1. The molecule has 1 aromatic rings. The van der Waals surface area contributed by atoms with E-state index in [1.165, 1.54) is 6.20 Å². The minimum Gasteiger partial charge on any atom is -0.505 e. The van der Waals surface area contributed by atoms with Crippen molar-refractivity contribution in [3.05, 3.63) is 21.9 Å². The van der Waals surface area contributed by atoms with Gasteiger partial charge in [-0.2, -0.15) is 0 Å². The Bertz CT molecular complexity index is 320. The van der Waals surface area contributed by atoms with Crippen LogP contribution in [0.3, 0.4) is 0 Å². The monoisotopic (exact) mass is 315 g/mol. The summed E-state index contributed by atoms with van der Waals surface area (Å²) in [5, 5.41) is 9.63. The zero-order chi connectivity index (χ0) is 10.0. The molecule has 0 saturated carbocycles. The molecule has 0 aliphatic rings. The average Bonchev–Trinajstić information content (AvgIpc) is 2.04. The molecule has 1 rings (SSSR count). The molecule has 0 atom stereocenters. The molecule has 2 nitrogen and oxygen atoms in total. The van der Waals surface area contributed by atoms with Crippen LogP contribution < -0.4 is 0 Å². The minimum atomic E-state index is -2.76. The van der Waals surface area contributed by atoms with E-state index in [1.54, 1.807) is 0 Å². The predicted octanol–water partition coefficient (Wildman–Crippen LogP) is 3.38. The molecule has 0 aliphatic carbocycles. The van der Waals surface area contributed by atoms with Crippen LogP contribution >= 0.6 is 31.9 Å². The van der Waals surface area contributed by atoms with E-state index >= 15 is 0 Å². The highest BCUT2D eigenvalue weighted by Gasteiger charge is 2.18. The van der Waals surface area contributed by atoms with Crippen molar-refractivity contribution in [3.8, 4) is 5.75 Å². The van der Waals surface area contributed by atoms with Gasteiger partial charge in [-0.1, -0.05) is 15.9 Å². The molecule has 0 spiro atoms. The Morgan fingerprint density at radius 1 is 1.54 bits per heavy atom. The summed E-state index contributed by atoms with van der Waals surface area (Å²) in [5.41, 5.74) is -0.206. The Labute approximate surface area is 90.2 Å². The fourth-order valence-electron chi connectivity index (χ4n) is 0.820. The summed E-state index contributed by atoms with van der Waals surface area (Å²) in [6.07, 6.45) is -1.51. The van der Waals surface area contributed by atoms with Gasteiger partial charge in [0.2, 0.25) is 0 Å². The van der Waals surface area contributed by atoms with Gasteiger partial charge < -0.3 is 5.11 Å². The van der Waals surface area contributed by atoms with E-state index in [0.717, 1.165) is 0 Å². The molecule has 0 radical (unpaired) electrons. The summed E-state index contributed by atoms with van der Waals surface area (Å²) in [6, 6.07) is 0. The summed E-state index contributed by atoms with van der Waals surface area (Å²) >= 11 is 6.17. The van der Waals surface area contributed by atoms with Crippen molar-refractivity contribution in [3.63, 3.8) is 0 Å². The maximum atomic E-state index is 12.2. The lowest BCUT2D eigenvalue weighted by Crippen LogP contribution is -1.94. The molecule has 0 aromatic carbocycles. The number of rotatable bonds is 2. The van der Waals surface area contributed by atoms with E-state index in [2.05, 4.69) is 36.8 Å². The predicted molar refractivity (Wildman–Crippen MR) is 51.2 cm³/mol. The lowest BCUT2D eigenvalue weighted by molar-refractivity contribution is 0.141. The number of pyridine rings is 1. The van der Waals surface area contributed by atoms with Gasteiger partial charge in [0.25, 0.3) is 6.43 Å². The van der Waals surface area contributed by atoms with E-state index in [4.69, 9.17) is 0 Å². The topological polar surface area (TPSA) is 33.1 Å². The SMILES string of the molecule is Oc1c(C(F)F)ncc(Br)c1CBr. The molecule has 0 aliphatic heterocycles. The smallest absolute Gasteiger partial charge is 0.284 e. The third-order valence-electron chi connectivity index (χ3n) is 1.47. The van der Waals surface area contributed by atoms with Crippen LogP contribution in [0.5, 0.6) is 5.75 Å². The quantitative estimate of drug-likeness (QED) is 0.848. The molecule has 0 bridgehead atoms. The van der Waals surface area contributed by atoms with Crippen molar-refractivity contribution < 1.29 is 13.9 Å². The zero-order valence-electron chi connectivity index (χ0n) is 6.27. The van der Waals surface area contributed by atoms with Crippen molar-refractivity contribution in [2.45, 2.75) is 11.8 Å². The summed E-state index contributed by atoms with van der Waals surface area (Å²) in [7, 11) is 0. The maximum Gasteiger partial charge on any atom is 0.284 e. The van der Waals surface area contributed by atoms with E-state index in [1.807, 2.05) is 0 Å². The van der Waals surface area contributed by atoms with Gasteiger partial charge in [-0.05, 0) is 15.9 Å². The maximum absolute atomic E-state index is 12.2. The summed E-state index contributed by atoms with van der Waals surface area (Å²) in [5.74, 6) is -0.457. The third kappa shape index (κ3) is 2.17. The number of nitrogens with zero attached hydrogens (tertiary/aromatic N) is 1. The normalized spacial score (nSPS) is 10.8. The molecule has 72 valence electrons. The fraction of sp³-hybridized carbons (Fsp3) is 0.286. The molecule has 0 fully saturated rings. The molecule has 1 N–H and O–H groups in total. The molecule has 0 unspecified atom stereocenters. The van der Waals surface area contributed by atoms with Crippen LogP contribution in [0.15, 0.2) is 10.7 Å². The summed E-state index contributed by atoms with van der Waals surface area (Å²) < 4.78 is 25.0. The van der Waals surface area contributed by atoms with E-state index in [-0.39, 0.29) is 0 Å². The van der Waals surface area contributed by atoms with Gasteiger partial charge in [-0.15, -0.1) is 0 Å². The molecular weight excluding hydrogens is 312 g/mol. The van der Waals surface area contributed by atoms with E-state index < -0.39 is 17.9 Å². The van der Waals surface area contributed by atoms with Crippen LogP contribution in [0.25, 0.3) is 0 Å². The number of hydrogen-bond acceptors (Lipinski definition) is 2. The van der Waals surface area contributed by atoms with Crippen LogP contribution in [0, 0.1) is 0 Å². The molecule has 6 heteroatoms. The van der Waals surface area contributed by atoms with Crippen LogP contribution in [0.4, 0.5) is 8.78 Å². The van der Waals surface area contributed by atoms with Gasteiger partial charge in [0, 0.05) is 21.6 Å². The molecule has 0 saturated heterocycles. The van der Waals surface area contributed by atoms with Crippen molar-refractivity contribution in [2.24, 2.45) is 0 Å². The van der Waals surface area contributed by atoms with Gasteiger partial charge in [0.15, 0.2) is 0 Å². The summed E-state index contributed by atoms with van der Waals surface area (Å²) in [4.78, 5) is 3.42. The van der Waals surface area contributed by atoms with Crippen molar-refractivity contribution >= 4 is 31.9 Å². The van der Waals surface area contributed by atoms with Gasteiger partial charge >= 0.3 is 0 Å². The van der Waals surface area contributed by atoms with Crippen LogP contribution in [0.1, 0.15) is 17.7 Å². The molecular formula is C7H5Br2F2NO.